The highest BCUT2D eigenvalue weighted by molar-refractivity contribution is 7.94. The fourth-order valence-electron chi connectivity index (χ4n) is 10.5. The van der Waals surface area contributed by atoms with Crippen molar-refractivity contribution >= 4 is 55.2 Å². The summed E-state index contributed by atoms with van der Waals surface area (Å²) in [4.78, 5) is 53.4. The van der Waals surface area contributed by atoms with Gasteiger partial charge in [-0.2, -0.15) is 43.2 Å². The Hall–Kier alpha value is -4.60. The van der Waals surface area contributed by atoms with Crippen LogP contribution in [0.15, 0.2) is 36.4 Å². The van der Waals surface area contributed by atoms with Crippen molar-refractivity contribution in [3.05, 3.63) is 58.7 Å². The zero-order valence-electron chi connectivity index (χ0n) is 34.2. The SMILES string of the molecule is C[C@@H]1OC(=O)C[C@H]2CC(=O)N(CCC3CN(S(=O)(=O)C(F)(F)F)c4ccc(Cc5ccc6c(c5)C(CCN5C[C@H]7[C@@H](CC(=O)O[C@H]7C)CC5=O)CN6S(=O)(=O)C(F)(F)F)cc43)C[C@@H]21. The third-order valence-electron chi connectivity index (χ3n) is 13.8. The van der Waals surface area contributed by atoms with E-state index in [1.54, 1.807) is 35.8 Å². The van der Waals surface area contributed by atoms with E-state index in [4.69, 9.17) is 9.47 Å². The van der Waals surface area contributed by atoms with Gasteiger partial charge in [-0.25, -0.2) is 0 Å². The largest absolute Gasteiger partial charge is 0.516 e. The Morgan fingerprint density at radius 2 is 0.968 bits per heavy atom. The Kier molecular flexibility index (Phi) is 11.5. The van der Waals surface area contributed by atoms with Crippen molar-refractivity contribution in [2.24, 2.45) is 23.7 Å². The molecule has 0 aliphatic carbocycles. The van der Waals surface area contributed by atoms with Gasteiger partial charge in [-0.1, -0.05) is 24.3 Å². The number of halogens is 6. The van der Waals surface area contributed by atoms with E-state index in [1.165, 1.54) is 24.3 Å². The minimum Gasteiger partial charge on any atom is -0.462 e. The summed E-state index contributed by atoms with van der Waals surface area (Å²) in [6.45, 7) is 3.10. The molecule has 14 nitrogen and oxygen atoms in total. The molecule has 2 aromatic carbocycles. The second-order valence-electron chi connectivity index (χ2n) is 17.6. The minimum absolute atomic E-state index is 0.0760. The van der Waals surface area contributed by atoms with Crippen LogP contribution in [0.4, 0.5) is 37.7 Å². The first-order valence-corrected chi connectivity index (χ1v) is 23.7. The van der Waals surface area contributed by atoms with Crippen molar-refractivity contribution in [3.8, 4) is 0 Å². The first kappa shape index (κ1) is 45.0. The highest BCUT2D eigenvalue weighted by atomic mass is 32.2. The van der Waals surface area contributed by atoms with E-state index in [2.05, 4.69) is 0 Å². The molecule has 0 N–H and O–H groups in total. The number of benzene rings is 2. The molecule has 0 aromatic heterocycles. The Morgan fingerprint density at radius 3 is 1.33 bits per heavy atom. The first-order valence-electron chi connectivity index (χ1n) is 20.8. The molecule has 4 saturated heterocycles. The fraction of sp³-hybridized carbons (Fsp3) is 0.610. The average molecular weight is 933 g/mol. The van der Waals surface area contributed by atoms with E-state index in [0.717, 1.165) is 0 Å². The molecule has 0 saturated carbocycles. The number of fused-ring (bicyclic) bond motifs is 4. The van der Waals surface area contributed by atoms with E-state index in [0.29, 0.717) is 30.9 Å². The number of rotatable bonds is 10. The number of piperidine rings is 2. The summed E-state index contributed by atoms with van der Waals surface area (Å²) in [6, 6.07) is 8.59. The number of likely N-dealkylation sites (tertiary alicyclic amines) is 2. The Bertz CT molecular complexity index is 2270. The van der Waals surface area contributed by atoms with Gasteiger partial charge in [0.25, 0.3) is 0 Å². The molecule has 63 heavy (non-hydrogen) atoms. The third kappa shape index (κ3) is 8.33. The van der Waals surface area contributed by atoms with Crippen molar-refractivity contribution in [1.29, 1.82) is 0 Å². The molecule has 2 amide bonds. The van der Waals surface area contributed by atoms with Crippen LogP contribution in [0.1, 0.15) is 86.5 Å². The predicted octanol–water partition coefficient (Wildman–Crippen LogP) is 5.16. The van der Waals surface area contributed by atoms with E-state index in [1.807, 2.05) is 0 Å². The maximum absolute atomic E-state index is 13.9. The number of amides is 2. The van der Waals surface area contributed by atoms with Crippen molar-refractivity contribution in [3.63, 3.8) is 0 Å². The van der Waals surface area contributed by atoms with Crippen LogP contribution < -0.4 is 8.61 Å². The lowest BCUT2D eigenvalue weighted by atomic mass is 9.78. The van der Waals surface area contributed by atoms with Crippen molar-refractivity contribution < 1.29 is 71.8 Å². The number of carbonyl (C=O) groups excluding carboxylic acids is 4. The molecule has 6 heterocycles. The van der Waals surface area contributed by atoms with Gasteiger partial charge in [-0.05, 0) is 79.3 Å². The zero-order chi connectivity index (χ0) is 45.6. The molecule has 0 radical (unpaired) electrons. The normalized spacial score (nSPS) is 29.0. The lowest BCUT2D eigenvalue weighted by molar-refractivity contribution is -0.169. The lowest BCUT2D eigenvalue weighted by Crippen LogP contribution is -2.52. The van der Waals surface area contributed by atoms with Gasteiger partial charge >= 0.3 is 43.0 Å². The van der Waals surface area contributed by atoms with Gasteiger partial charge in [0.05, 0.1) is 11.4 Å². The topological polar surface area (TPSA) is 168 Å². The number of anilines is 2. The predicted molar refractivity (Wildman–Crippen MR) is 212 cm³/mol. The molecule has 6 aliphatic heterocycles. The summed E-state index contributed by atoms with van der Waals surface area (Å²) in [5, 5.41) is 0. The molecule has 22 heteroatoms. The van der Waals surface area contributed by atoms with Crippen LogP contribution in [-0.2, 0) is 55.1 Å². The van der Waals surface area contributed by atoms with E-state index >= 15 is 0 Å². The van der Waals surface area contributed by atoms with Gasteiger partial charge < -0.3 is 19.3 Å². The average Bonchev–Trinajstić information content (AvgIpc) is 3.74. The van der Waals surface area contributed by atoms with Gasteiger partial charge in [0.15, 0.2) is 0 Å². The Balaban J connectivity index is 1.04. The minimum atomic E-state index is -5.82. The van der Waals surface area contributed by atoms with E-state index in [-0.39, 0.29) is 130 Å². The maximum Gasteiger partial charge on any atom is 0.516 e. The molecule has 2 unspecified atom stereocenters. The maximum atomic E-state index is 13.9. The zero-order valence-corrected chi connectivity index (χ0v) is 35.9. The van der Waals surface area contributed by atoms with Gasteiger partial charge in [-0.15, -0.1) is 0 Å². The molecular weight excluding hydrogens is 887 g/mol. The highest BCUT2D eigenvalue weighted by Crippen LogP contribution is 2.47. The second-order valence-corrected chi connectivity index (χ2v) is 21.3. The third-order valence-corrected chi connectivity index (χ3v) is 16.8. The van der Waals surface area contributed by atoms with Gasteiger partial charge in [0.1, 0.15) is 12.2 Å². The number of nitrogens with zero attached hydrogens (tertiary/aromatic N) is 4. The molecule has 2 aromatic rings. The molecule has 344 valence electrons. The number of esters is 2. The second kappa shape index (κ2) is 16.1. The standard InChI is InChI=1S/C41H46F6N4O10S2/c1-22-32-20-48(36(52)14-28(32)16-38(54)60-22)9-7-26-18-50(62(56,57)40(42,43)44)34-5-3-24(12-30(26)34)11-25-4-6-35-31(13-25)27(19-51(35)63(58,59)41(45,46)47)8-10-49-21-33-23(2)61-39(55)17-29(33)15-37(49)53/h3-6,12-13,22-23,26-29,32-33H,7-11,14-21H2,1-2H3/t22-,23-,26?,27?,28+,29+,32+,33+/m0/s1. The van der Waals surface area contributed by atoms with Crippen LogP contribution in [0.3, 0.4) is 0 Å². The number of cyclic esters (lactones) is 2. The number of ether oxygens (including phenoxy) is 2. The highest BCUT2D eigenvalue weighted by Gasteiger charge is 2.55. The van der Waals surface area contributed by atoms with Crippen LogP contribution >= 0.6 is 0 Å². The van der Waals surface area contributed by atoms with Gasteiger partial charge in [0.2, 0.25) is 11.8 Å². The fourth-order valence-corrected chi connectivity index (χ4v) is 12.6. The molecule has 8 atom stereocenters. The molecular formula is C41H46F6N4O10S2. The first-order chi connectivity index (χ1) is 29.4. The summed E-state index contributed by atoms with van der Waals surface area (Å²) < 4.78 is 146. The van der Waals surface area contributed by atoms with Crippen LogP contribution in [0.5, 0.6) is 0 Å². The van der Waals surface area contributed by atoms with Crippen LogP contribution in [0.25, 0.3) is 0 Å². The van der Waals surface area contributed by atoms with Gasteiger partial charge in [0, 0.05) is 88.6 Å². The molecule has 0 bridgehead atoms. The molecule has 8 rings (SSSR count). The van der Waals surface area contributed by atoms with Crippen LogP contribution in [0.2, 0.25) is 0 Å². The Morgan fingerprint density at radius 1 is 0.587 bits per heavy atom. The lowest BCUT2D eigenvalue weighted by Gasteiger charge is -2.43. The number of alkyl halides is 6. The number of sulfonamides is 2. The molecule has 6 aliphatic rings. The molecule has 4 fully saturated rings. The van der Waals surface area contributed by atoms with Crippen molar-refractivity contribution in [2.45, 2.75) is 93.9 Å². The van der Waals surface area contributed by atoms with Gasteiger partial charge in [-0.3, -0.25) is 27.8 Å². The summed E-state index contributed by atoms with van der Waals surface area (Å²) in [5.74, 6) is -3.46. The number of hydrogen-bond donors (Lipinski definition) is 0. The van der Waals surface area contributed by atoms with Crippen molar-refractivity contribution in [1.82, 2.24) is 9.80 Å². The summed E-state index contributed by atoms with van der Waals surface area (Å²) >= 11 is 0. The molecule has 0 spiro atoms. The van der Waals surface area contributed by atoms with Crippen LogP contribution in [-0.4, -0.2) is 113 Å². The Labute approximate surface area is 359 Å². The summed E-state index contributed by atoms with van der Waals surface area (Å²) in [6.07, 6.45) is -0.203. The van der Waals surface area contributed by atoms with Crippen LogP contribution in [0, 0.1) is 23.7 Å². The smallest absolute Gasteiger partial charge is 0.462 e. The monoisotopic (exact) mass is 932 g/mol. The van der Waals surface area contributed by atoms with Crippen molar-refractivity contribution in [2.75, 3.05) is 47.9 Å². The van der Waals surface area contributed by atoms with E-state index < -0.39 is 68.2 Å². The van der Waals surface area contributed by atoms with E-state index in [9.17, 15) is 62.4 Å². The summed E-state index contributed by atoms with van der Waals surface area (Å²) in [5.41, 5.74) is -9.95. The number of hydrogen-bond acceptors (Lipinski definition) is 10. The quantitative estimate of drug-likeness (QED) is 0.229. The summed E-state index contributed by atoms with van der Waals surface area (Å²) in [7, 11) is -11.6. The number of carbonyl (C=O) groups is 4.